The summed E-state index contributed by atoms with van der Waals surface area (Å²) in [6.45, 7) is 13.0. The Balaban J connectivity index is 1.50. The van der Waals surface area contributed by atoms with Gasteiger partial charge in [0.2, 0.25) is 5.91 Å². The van der Waals surface area contributed by atoms with Crippen LogP contribution in [0.3, 0.4) is 0 Å². The summed E-state index contributed by atoms with van der Waals surface area (Å²) in [4.78, 5) is 28.9. The second-order valence-electron chi connectivity index (χ2n) is 9.50. The van der Waals surface area contributed by atoms with Crippen LogP contribution in [0.25, 0.3) is 27.9 Å². The van der Waals surface area contributed by atoms with Gasteiger partial charge in [0.25, 0.3) is 0 Å². The van der Waals surface area contributed by atoms with Crippen LogP contribution in [0.15, 0.2) is 24.7 Å². The first-order chi connectivity index (χ1) is 16.3. The highest BCUT2D eigenvalue weighted by Crippen LogP contribution is 2.37. The number of fused-ring (bicyclic) bond motifs is 2. The van der Waals surface area contributed by atoms with Crippen LogP contribution in [0.5, 0.6) is 0 Å². The molecule has 4 aromatic heterocycles. The summed E-state index contributed by atoms with van der Waals surface area (Å²) in [6, 6.07) is 4.24. The molecule has 1 amide bonds. The molecule has 178 valence electrons. The van der Waals surface area contributed by atoms with E-state index >= 15 is 0 Å². The number of amides is 1. The third-order valence-electron chi connectivity index (χ3n) is 7.01. The number of pyridine rings is 2. The fourth-order valence-electron chi connectivity index (χ4n) is 4.95. The van der Waals surface area contributed by atoms with Crippen molar-refractivity contribution in [2.45, 2.75) is 40.0 Å². The van der Waals surface area contributed by atoms with E-state index in [4.69, 9.17) is 10.7 Å². The van der Waals surface area contributed by atoms with Crippen LogP contribution in [-0.2, 0) is 4.79 Å². The molecule has 0 saturated carbocycles. The monoisotopic (exact) mass is 460 g/mol. The number of nitrogens with zero attached hydrogens (tertiary/aromatic N) is 6. The van der Waals surface area contributed by atoms with Crippen molar-refractivity contribution >= 4 is 28.4 Å². The summed E-state index contributed by atoms with van der Waals surface area (Å²) < 4.78 is 1.85. The summed E-state index contributed by atoms with van der Waals surface area (Å²) in [5.41, 5.74) is 14.0. The van der Waals surface area contributed by atoms with Crippen molar-refractivity contribution in [3.8, 4) is 11.3 Å². The lowest BCUT2D eigenvalue weighted by Crippen LogP contribution is -2.47. The number of hydrogen-bond donors (Lipinski definition) is 2. The van der Waals surface area contributed by atoms with Gasteiger partial charge in [0.05, 0.1) is 16.7 Å². The van der Waals surface area contributed by atoms with Gasteiger partial charge < -0.3 is 15.6 Å². The van der Waals surface area contributed by atoms with Gasteiger partial charge in [-0.25, -0.2) is 14.5 Å². The number of carbonyl (C=O) groups excluding carboxylic acids is 1. The maximum atomic E-state index is 11.1. The Kier molecular flexibility index (Phi) is 5.73. The summed E-state index contributed by atoms with van der Waals surface area (Å²) >= 11 is 0. The lowest BCUT2D eigenvalue weighted by Gasteiger charge is -2.35. The van der Waals surface area contributed by atoms with Gasteiger partial charge in [-0.05, 0) is 43.0 Å². The van der Waals surface area contributed by atoms with Crippen LogP contribution >= 0.6 is 0 Å². The largest absolute Gasteiger partial charge is 0.370 e. The molecule has 0 aliphatic carbocycles. The Morgan fingerprint density at radius 2 is 1.91 bits per heavy atom. The first kappa shape index (κ1) is 22.3. The molecular weight excluding hydrogens is 428 g/mol. The highest BCUT2D eigenvalue weighted by molar-refractivity contribution is 5.90. The van der Waals surface area contributed by atoms with E-state index in [1.54, 1.807) is 6.33 Å². The first-order valence-corrected chi connectivity index (χ1v) is 11.9. The number of rotatable bonds is 6. The standard InChI is InChI=1S/C25H32N8O/c1-15(2)22-23(18-13-33-25(27-14-28-33)17(4)16(18)3)29-19-5-6-21(30-24(19)22)32-11-9-31(10-12-32)8-7-20(26)34/h5-6,13-15,29H,7-12H2,1-4H3,(H2,26,34). The minimum absolute atomic E-state index is 0.243. The van der Waals surface area contributed by atoms with E-state index in [0.717, 1.165) is 72.0 Å². The van der Waals surface area contributed by atoms with Crippen LogP contribution in [-0.4, -0.2) is 68.1 Å². The van der Waals surface area contributed by atoms with Crippen molar-refractivity contribution in [1.82, 2.24) is 29.5 Å². The molecule has 0 radical (unpaired) electrons. The SMILES string of the molecule is Cc1c(-c2[nH]c3ccc(N4CCN(CCC(N)=O)CC4)nc3c2C(C)C)cn2ncnc2c1C. The second kappa shape index (κ2) is 8.72. The van der Waals surface area contributed by atoms with Crippen molar-refractivity contribution < 1.29 is 4.79 Å². The third-order valence-corrected chi connectivity index (χ3v) is 7.01. The minimum Gasteiger partial charge on any atom is -0.370 e. The van der Waals surface area contributed by atoms with Crippen LogP contribution in [0.4, 0.5) is 5.82 Å². The molecular formula is C25H32N8O. The zero-order chi connectivity index (χ0) is 24.0. The quantitative estimate of drug-likeness (QED) is 0.458. The molecule has 9 heteroatoms. The van der Waals surface area contributed by atoms with E-state index in [2.05, 4.69) is 70.9 Å². The number of nitrogens with one attached hydrogen (secondary N) is 1. The summed E-state index contributed by atoms with van der Waals surface area (Å²) in [5.74, 6) is 1.05. The Morgan fingerprint density at radius 3 is 2.62 bits per heavy atom. The average molecular weight is 461 g/mol. The lowest BCUT2D eigenvalue weighted by molar-refractivity contribution is -0.118. The van der Waals surface area contributed by atoms with E-state index in [1.807, 2.05) is 4.52 Å². The number of aryl methyl sites for hydroxylation is 1. The number of piperazine rings is 1. The number of H-pyrrole nitrogens is 1. The molecule has 1 aliphatic heterocycles. The Bertz CT molecular complexity index is 1360. The molecule has 0 unspecified atom stereocenters. The molecule has 3 N–H and O–H groups in total. The zero-order valence-electron chi connectivity index (χ0n) is 20.3. The second-order valence-corrected chi connectivity index (χ2v) is 9.50. The highest BCUT2D eigenvalue weighted by atomic mass is 16.1. The molecule has 5 rings (SSSR count). The summed E-state index contributed by atoms with van der Waals surface area (Å²) in [6.07, 6.45) is 4.07. The van der Waals surface area contributed by atoms with Gasteiger partial charge in [0, 0.05) is 56.5 Å². The molecule has 1 aliphatic rings. The lowest BCUT2D eigenvalue weighted by atomic mass is 9.95. The topological polar surface area (TPSA) is 108 Å². The maximum absolute atomic E-state index is 11.1. The van der Waals surface area contributed by atoms with Gasteiger partial charge in [-0.2, -0.15) is 5.10 Å². The molecule has 9 nitrogen and oxygen atoms in total. The van der Waals surface area contributed by atoms with Gasteiger partial charge in [-0.1, -0.05) is 13.8 Å². The number of aromatic nitrogens is 5. The van der Waals surface area contributed by atoms with E-state index in [1.165, 1.54) is 11.1 Å². The third kappa shape index (κ3) is 3.90. The van der Waals surface area contributed by atoms with Crippen LogP contribution < -0.4 is 10.6 Å². The average Bonchev–Trinajstić information content (AvgIpc) is 3.44. The zero-order valence-corrected chi connectivity index (χ0v) is 20.3. The van der Waals surface area contributed by atoms with Crippen LogP contribution in [0.2, 0.25) is 0 Å². The number of hydrogen-bond acceptors (Lipinski definition) is 6. The molecule has 0 spiro atoms. The normalized spacial score (nSPS) is 15.1. The molecule has 5 heterocycles. The molecule has 1 fully saturated rings. The van der Waals surface area contributed by atoms with Gasteiger partial charge in [0.15, 0.2) is 5.65 Å². The fourth-order valence-corrected chi connectivity index (χ4v) is 4.95. The van der Waals surface area contributed by atoms with E-state index in [0.29, 0.717) is 12.3 Å². The number of anilines is 1. The van der Waals surface area contributed by atoms with E-state index in [9.17, 15) is 4.79 Å². The van der Waals surface area contributed by atoms with Gasteiger partial charge >= 0.3 is 0 Å². The van der Waals surface area contributed by atoms with E-state index < -0.39 is 0 Å². The van der Waals surface area contributed by atoms with Gasteiger partial charge in [-0.15, -0.1) is 0 Å². The van der Waals surface area contributed by atoms with Crippen LogP contribution in [0.1, 0.15) is 42.9 Å². The fraction of sp³-hybridized carbons (Fsp3) is 0.440. The van der Waals surface area contributed by atoms with Crippen molar-refractivity contribution in [3.63, 3.8) is 0 Å². The van der Waals surface area contributed by atoms with Crippen molar-refractivity contribution in [1.29, 1.82) is 0 Å². The van der Waals surface area contributed by atoms with Gasteiger partial charge in [-0.3, -0.25) is 9.69 Å². The Morgan fingerprint density at radius 1 is 1.15 bits per heavy atom. The highest BCUT2D eigenvalue weighted by Gasteiger charge is 2.23. The predicted molar refractivity (Wildman–Crippen MR) is 134 cm³/mol. The maximum Gasteiger partial charge on any atom is 0.218 e. The number of primary amides is 1. The predicted octanol–water partition coefficient (Wildman–Crippen LogP) is 3.01. The molecule has 0 aromatic carbocycles. The number of carbonyl (C=O) groups is 1. The molecule has 4 aromatic rings. The van der Waals surface area contributed by atoms with Crippen molar-refractivity contribution in [3.05, 3.63) is 41.3 Å². The van der Waals surface area contributed by atoms with Gasteiger partial charge in [0.1, 0.15) is 12.1 Å². The van der Waals surface area contributed by atoms with Crippen molar-refractivity contribution in [2.24, 2.45) is 5.73 Å². The Hall–Kier alpha value is -3.46. The van der Waals surface area contributed by atoms with Crippen LogP contribution in [0, 0.1) is 13.8 Å². The molecule has 34 heavy (non-hydrogen) atoms. The van der Waals surface area contributed by atoms with Crippen molar-refractivity contribution in [2.75, 3.05) is 37.6 Å². The smallest absolute Gasteiger partial charge is 0.218 e. The number of aromatic amines is 1. The molecule has 1 saturated heterocycles. The molecule has 0 bridgehead atoms. The minimum atomic E-state index is -0.243. The first-order valence-electron chi connectivity index (χ1n) is 11.9. The summed E-state index contributed by atoms with van der Waals surface area (Å²) in [7, 11) is 0. The Labute approximate surface area is 199 Å². The van der Waals surface area contributed by atoms with E-state index in [-0.39, 0.29) is 5.91 Å². The number of nitrogens with two attached hydrogens (primary N) is 1. The molecule has 0 atom stereocenters. The summed E-state index contributed by atoms with van der Waals surface area (Å²) in [5, 5.41) is 4.38.